The van der Waals surface area contributed by atoms with Crippen LogP contribution in [0.25, 0.3) is 11.3 Å². The fraction of sp³-hybridized carbons (Fsp3) is 0.370. The fourth-order valence-corrected chi connectivity index (χ4v) is 4.16. The number of aromatic nitrogens is 2. The van der Waals surface area contributed by atoms with E-state index in [1.807, 2.05) is 57.4 Å². The molecule has 1 aromatic carbocycles. The summed E-state index contributed by atoms with van der Waals surface area (Å²) in [7, 11) is 4.06. The van der Waals surface area contributed by atoms with Crippen LogP contribution in [0.1, 0.15) is 22.3 Å². The topological polar surface area (TPSA) is 85.4 Å². The number of anilines is 3. The standard InChI is InChI=1S/C27H35N7O/c1-20-22(27(35)30-12-6-16-33(2)3)7-4-8-23(20)31-25-19-21(11-13-29-25)24-9-5-10-26(32-24)34-17-14-28-15-18-34/h4-5,7-11,13,19,28H,6,12,14-18H2,1-3H3,(H,29,31)(H,30,35). The van der Waals surface area contributed by atoms with Gasteiger partial charge in [-0.25, -0.2) is 9.97 Å². The molecule has 8 nitrogen and oxygen atoms in total. The molecule has 3 N–H and O–H groups in total. The highest BCUT2D eigenvalue weighted by Crippen LogP contribution is 2.26. The zero-order valence-electron chi connectivity index (χ0n) is 20.8. The van der Waals surface area contributed by atoms with Crippen LogP contribution in [0.2, 0.25) is 0 Å². The number of hydrogen-bond acceptors (Lipinski definition) is 7. The van der Waals surface area contributed by atoms with Gasteiger partial charge in [0.15, 0.2) is 0 Å². The molecule has 3 aromatic rings. The van der Waals surface area contributed by atoms with E-state index in [1.54, 1.807) is 6.20 Å². The SMILES string of the molecule is Cc1c(Nc2cc(-c3cccc(N4CCNCC4)n3)ccn2)cccc1C(=O)NCCCN(C)C. The molecular formula is C27H35N7O. The quantitative estimate of drug-likeness (QED) is 0.411. The van der Waals surface area contributed by atoms with Crippen molar-refractivity contribution in [3.8, 4) is 11.3 Å². The summed E-state index contributed by atoms with van der Waals surface area (Å²) in [5.41, 5.74) is 4.32. The number of carbonyl (C=O) groups is 1. The van der Waals surface area contributed by atoms with Crippen LogP contribution in [0.15, 0.2) is 54.7 Å². The second kappa shape index (κ2) is 11.8. The summed E-state index contributed by atoms with van der Waals surface area (Å²) in [5.74, 6) is 1.65. The Morgan fingerprint density at radius 2 is 1.91 bits per heavy atom. The summed E-state index contributed by atoms with van der Waals surface area (Å²) in [6.07, 6.45) is 2.70. The van der Waals surface area contributed by atoms with Crippen LogP contribution in [0, 0.1) is 6.92 Å². The van der Waals surface area contributed by atoms with Crippen molar-refractivity contribution in [3.05, 3.63) is 65.9 Å². The maximum Gasteiger partial charge on any atom is 0.251 e. The molecule has 1 saturated heterocycles. The third-order valence-corrected chi connectivity index (χ3v) is 6.14. The fourth-order valence-electron chi connectivity index (χ4n) is 4.16. The van der Waals surface area contributed by atoms with E-state index in [1.165, 1.54) is 0 Å². The van der Waals surface area contributed by atoms with Crippen LogP contribution in [-0.2, 0) is 0 Å². The summed E-state index contributed by atoms with van der Waals surface area (Å²) < 4.78 is 0. The lowest BCUT2D eigenvalue weighted by Crippen LogP contribution is -2.43. The number of hydrogen-bond donors (Lipinski definition) is 3. The average molecular weight is 474 g/mol. The van der Waals surface area contributed by atoms with E-state index in [9.17, 15) is 4.79 Å². The van der Waals surface area contributed by atoms with Crippen molar-refractivity contribution in [1.82, 2.24) is 25.5 Å². The van der Waals surface area contributed by atoms with Gasteiger partial charge in [-0.05, 0) is 75.9 Å². The molecule has 4 rings (SSSR count). The molecule has 8 heteroatoms. The van der Waals surface area contributed by atoms with Crippen LogP contribution in [-0.4, -0.2) is 74.1 Å². The Kier molecular flexibility index (Phi) is 8.28. The predicted molar refractivity (Wildman–Crippen MR) is 143 cm³/mol. The molecule has 0 bridgehead atoms. The Bertz CT molecular complexity index is 1140. The molecule has 1 aliphatic rings. The number of rotatable bonds is 9. The lowest BCUT2D eigenvalue weighted by molar-refractivity contribution is 0.0951. The molecule has 184 valence electrons. The Labute approximate surface area is 207 Å². The zero-order valence-corrected chi connectivity index (χ0v) is 20.8. The van der Waals surface area contributed by atoms with Gasteiger partial charge >= 0.3 is 0 Å². The second-order valence-corrected chi connectivity index (χ2v) is 9.06. The minimum absolute atomic E-state index is 0.0551. The second-order valence-electron chi connectivity index (χ2n) is 9.06. The predicted octanol–water partition coefficient (Wildman–Crippen LogP) is 3.29. The highest BCUT2D eigenvalue weighted by Gasteiger charge is 2.14. The van der Waals surface area contributed by atoms with Gasteiger partial charge in [-0.3, -0.25) is 4.79 Å². The van der Waals surface area contributed by atoms with E-state index in [2.05, 4.69) is 42.9 Å². The maximum absolute atomic E-state index is 12.7. The van der Waals surface area contributed by atoms with Crippen LogP contribution in [0.5, 0.6) is 0 Å². The lowest BCUT2D eigenvalue weighted by atomic mass is 10.1. The Morgan fingerprint density at radius 1 is 1.11 bits per heavy atom. The van der Waals surface area contributed by atoms with Crippen LogP contribution >= 0.6 is 0 Å². The Balaban J connectivity index is 1.47. The van der Waals surface area contributed by atoms with E-state index < -0.39 is 0 Å². The number of amides is 1. The largest absolute Gasteiger partial charge is 0.354 e. The first kappa shape index (κ1) is 24.6. The van der Waals surface area contributed by atoms with E-state index in [0.717, 1.165) is 67.5 Å². The minimum Gasteiger partial charge on any atom is -0.354 e. The van der Waals surface area contributed by atoms with Gasteiger partial charge in [-0.1, -0.05) is 12.1 Å². The molecule has 3 heterocycles. The lowest BCUT2D eigenvalue weighted by Gasteiger charge is -2.28. The highest BCUT2D eigenvalue weighted by molar-refractivity contribution is 5.97. The van der Waals surface area contributed by atoms with Gasteiger partial charge in [-0.15, -0.1) is 0 Å². The van der Waals surface area contributed by atoms with Crippen LogP contribution < -0.4 is 20.9 Å². The maximum atomic E-state index is 12.7. The molecule has 0 aliphatic carbocycles. The molecule has 0 atom stereocenters. The molecular weight excluding hydrogens is 438 g/mol. The van der Waals surface area contributed by atoms with Crippen molar-refractivity contribution in [2.75, 3.05) is 63.6 Å². The molecule has 0 radical (unpaired) electrons. The van der Waals surface area contributed by atoms with E-state index in [-0.39, 0.29) is 5.91 Å². The number of benzene rings is 1. The smallest absolute Gasteiger partial charge is 0.251 e. The number of carbonyl (C=O) groups excluding carboxylic acids is 1. The van der Waals surface area contributed by atoms with Gasteiger partial charge in [0.25, 0.3) is 5.91 Å². The number of nitrogens with one attached hydrogen (secondary N) is 3. The summed E-state index contributed by atoms with van der Waals surface area (Å²) in [6.45, 7) is 7.41. The van der Waals surface area contributed by atoms with Crippen molar-refractivity contribution >= 4 is 23.2 Å². The van der Waals surface area contributed by atoms with Crippen molar-refractivity contribution in [2.24, 2.45) is 0 Å². The van der Waals surface area contributed by atoms with Gasteiger partial charge in [0.1, 0.15) is 11.6 Å². The Morgan fingerprint density at radius 3 is 2.71 bits per heavy atom. The number of pyridine rings is 2. The van der Waals surface area contributed by atoms with E-state index in [4.69, 9.17) is 4.98 Å². The van der Waals surface area contributed by atoms with Gasteiger partial charge in [0.2, 0.25) is 0 Å². The third-order valence-electron chi connectivity index (χ3n) is 6.14. The van der Waals surface area contributed by atoms with Crippen molar-refractivity contribution < 1.29 is 4.79 Å². The first-order valence-corrected chi connectivity index (χ1v) is 12.2. The Hall–Kier alpha value is -3.49. The molecule has 1 fully saturated rings. The van der Waals surface area contributed by atoms with Crippen molar-refractivity contribution in [1.29, 1.82) is 0 Å². The summed E-state index contributed by atoms with van der Waals surface area (Å²) in [5, 5.41) is 9.80. The van der Waals surface area contributed by atoms with Crippen molar-refractivity contribution in [3.63, 3.8) is 0 Å². The first-order chi connectivity index (χ1) is 17.0. The summed E-state index contributed by atoms with van der Waals surface area (Å²) in [6, 6.07) is 15.8. The van der Waals surface area contributed by atoms with Crippen molar-refractivity contribution in [2.45, 2.75) is 13.3 Å². The molecule has 1 aliphatic heterocycles. The average Bonchev–Trinajstić information content (AvgIpc) is 2.88. The van der Waals surface area contributed by atoms with Crippen LogP contribution in [0.3, 0.4) is 0 Å². The molecule has 35 heavy (non-hydrogen) atoms. The molecule has 0 unspecified atom stereocenters. The molecule has 1 amide bonds. The normalized spacial score (nSPS) is 13.7. The van der Waals surface area contributed by atoms with Gasteiger partial charge in [-0.2, -0.15) is 0 Å². The summed E-state index contributed by atoms with van der Waals surface area (Å²) in [4.78, 5) is 26.6. The zero-order chi connectivity index (χ0) is 24.6. The van der Waals surface area contributed by atoms with E-state index >= 15 is 0 Å². The van der Waals surface area contributed by atoms with Gasteiger partial charge < -0.3 is 25.8 Å². The number of piperazine rings is 1. The third kappa shape index (κ3) is 6.55. The minimum atomic E-state index is -0.0551. The highest BCUT2D eigenvalue weighted by atomic mass is 16.1. The van der Waals surface area contributed by atoms with Gasteiger partial charge in [0.05, 0.1) is 5.69 Å². The summed E-state index contributed by atoms with van der Waals surface area (Å²) >= 11 is 0. The molecule has 0 saturated carbocycles. The molecule has 0 spiro atoms. The van der Waals surface area contributed by atoms with E-state index in [0.29, 0.717) is 17.9 Å². The van der Waals surface area contributed by atoms with Gasteiger partial charge in [0, 0.05) is 55.7 Å². The van der Waals surface area contributed by atoms with Crippen LogP contribution in [0.4, 0.5) is 17.3 Å². The first-order valence-electron chi connectivity index (χ1n) is 12.2. The molecule has 2 aromatic heterocycles. The monoisotopic (exact) mass is 473 g/mol. The number of nitrogens with zero attached hydrogens (tertiary/aromatic N) is 4.